The minimum Gasteiger partial charge on any atom is -0.358 e. The van der Waals surface area contributed by atoms with E-state index in [0.29, 0.717) is 30.1 Å². The van der Waals surface area contributed by atoms with Gasteiger partial charge in [0, 0.05) is 108 Å². The van der Waals surface area contributed by atoms with Gasteiger partial charge in [-0.3, -0.25) is 29.7 Å². The van der Waals surface area contributed by atoms with Crippen LogP contribution in [0.15, 0.2) is 182 Å². The van der Waals surface area contributed by atoms with Gasteiger partial charge in [-0.2, -0.15) is 0 Å². The van der Waals surface area contributed by atoms with Gasteiger partial charge in [0.2, 0.25) is 0 Å². The second-order valence-electron chi connectivity index (χ2n) is 25.2. The van der Waals surface area contributed by atoms with E-state index in [1.165, 1.54) is 50.1 Å². The summed E-state index contributed by atoms with van der Waals surface area (Å²) in [7, 11) is 0. The fourth-order valence-electron chi connectivity index (χ4n) is 14.2. The van der Waals surface area contributed by atoms with Gasteiger partial charge < -0.3 is 14.2 Å². The third kappa shape index (κ3) is 13.8. The molecular formula is C75H72Cl6N6O3. The smallest absolute Gasteiger partial charge is 0.109 e. The molecule has 3 spiro atoms. The monoisotopic (exact) mass is 1310 g/mol. The van der Waals surface area contributed by atoms with Crippen molar-refractivity contribution < 1.29 is 14.2 Å². The fourth-order valence-corrected chi connectivity index (χ4v) is 15.9. The first-order valence-electron chi connectivity index (χ1n) is 31.2. The molecule has 0 bridgehead atoms. The van der Waals surface area contributed by atoms with Gasteiger partial charge in [-0.25, -0.2) is 0 Å². The van der Waals surface area contributed by atoms with Crippen molar-refractivity contribution in [1.82, 2.24) is 29.7 Å². The molecule has 0 radical (unpaired) electrons. The molecule has 462 valence electrons. The van der Waals surface area contributed by atoms with E-state index in [0.717, 1.165) is 131 Å². The second kappa shape index (κ2) is 27.1. The van der Waals surface area contributed by atoms with Gasteiger partial charge in [0.05, 0.1) is 33.9 Å². The number of aromatic nitrogens is 3. The van der Waals surface area contributed by atoms with E-state index in [1.54, 1.807) is 18.2 Å². The van der Waals surface area contributed by atoms with Gasteiger partial charge >= 0.3 is 0 Å². The molecule has 0 aliphatic carbocycles. The van der Waals surface area contributed by atoms with Gasteiger partial charge in [0.25, 0.3) is 0 Å². The largest absolute Gasteiger partial charge is 0.358 e. The lowest BCUT2D eigenvalue weighted by molar-refractivity contribution is -0.0980. The summed E-state index contributed by atoms with van der Waals surface area (Å²) in [6, 6.07) is 55.6. The quantitative estimate of drug-likeness (QED) is 0.140. The Morgan fingerprint density at radius 2 is 0.589 bits per heavy atom. The first kappa shape index (κ1) is 63.0. The molecule has 15 heteroatoms. The van der Waals surface area contributed by atoms with Crippen LogP contribution in [-0.4, -0.2) is 68.9 Å². The van der Waals surface area contributed by atoms with E-state index in [2.05, 4.69) is 160 Å². The topological polar surface area (TPSA) is 76.1 Å². The maximum Gasteiger partial charge on any atom is 0.109 e. The maximum atomic E-state index is 6.81. The molecule has 90 heavy (non-hydrogen) atoms. The Morgan fingerprint density at radius 3 is 0.822 bits per heavy atom. The summed E-state index contributed by atoms with van der Waals surface area (Å²) in [6.45, 7) is 14.7. The minimum absolute atomic E-state index is 0.136. The zero-order valence-corrected chi connectivity index (χ0v) is 55.4. The summed E-state index contributed by atoms with van der Waals surface area (Å²) in [5.41, 5.74) is 16.8. The Kier molecular flexibility index (Phi) is 19.0. The molecule has 3 atom stereocenters. The van der Waals surface area contributed by atoms with Crippen molar-refractivity contribution in [3.8, 4) is 0 Å². The predicted octanol–water partition coefficient (Wildman–Crippen LogP) is 18.9. The zero-order valence-electron chi connectivity index (χ0n) is 50.8. The van der Waals surface area contributed by atoms with Crippen LogP contribution in [0.1, 0.15) is 141 Å². The first-order valence-corrected chi connectivity index (χ1v) is 33.5. The molecule has 9 nitrogen and oxygen atoms in total. The highest BCUT2D eigenvalue weighted by atomic mass is 35.5. The highest BCUT2D eigenvalue weighted by Gasteiger charge is 2.50. The standard InChI is InChI=1S/3C25H24Cl2N2O/c3*1-17-6-7-21(28-15-17)16-29-10-8-25(9-11-29)23-5-3-2-4-22(23)24(30-25)18-12-19(26)14-20(27)13-18/h3*2-7,12-15,24H,8-11,16H2,1H3. The molecule has 9 heterocycles. The summed E-state index contributed by atoms with van der Waals surface area (Å²) in [4.78, 5) is 21.1. The van der Waals surface area contributed by atoms with Crippen molar-refractivity contribution in [2.24, 2.45) is 0 Å². The Morgan fingerprint density at radius 1 is 0.344 bits per heavy atom. The molecule has 6 aliphatic rings. The Bertz CT molecular complexity index is 3530. The Hall–Kier alpha value is -5.73. The highest BCUT2D eigenvalue weighted by Crippen LogP contribution is 2.55. The molecule has 0 amide bonds. The molecule has 15 rings (SSSR count). The highest BCUT2D eigenvalue weighted by molar-refractivity contribution is 6.35. The summed E-state index contributed by atoms with van der Waals surface area (Å²) < 4.78 is 20.4. The number of likely N-dealkylation sites (tertiary alicyclic amines) is 3. The van der Waals surface area contributed by atoms with Crippen molar-refractivity contribution in [2.75, 3.05) is 39.3 Å². The van der Waals surface area contributed by atoms with Crippen LogP contribution < -0.4 is 0 Å². The number of ether oxygens (including phenoxy) is 3. The Labute approximate surface area is 559 Å². The van der Waals surface area contributed by atoms with Crippen molar-refractivity contribution in [3.05, 3.63) is 296 Å². The van der Waals surface area contributed by atoms with Crippen molar-refractivity contribution in [1.29, 1.82) is 0 Å². The number of hydrogen-bond acceptors (Lipinski definition) is 9. The normalized spacial score (nSPS) is 20.4. The lowest BCUT2D eigenvalue weighted by atomic mass is 9.83. The van der Waals surface area contributed by atoms with Gasteiger partial charge in [0.1, 0.15) is 18.3 Å². The average molecular weight is 1320 g/mol. The summed E-state index contributed by atoms with van der Waals surface area (Å²) in [6.07, 6.45) is 11.2. The fraction of sp³-hybridized carbons (Fsp3) is 0.320. The minimum atomic E-state index is -0.257. The molecule has 0 saturated carbocycles. The number of benzene rings is 6. The van der Waals surface area contributed by atoms with Crippen LogP contribution in [0.3, 0.4) is 0 Å². The van der Waals surface area contributed by atoms with Gasteiger partial charge in [-0.15, -0.1) is 0 Å². The summed E-state index contributed by atoms with van der Waals surface area (Å²) in [5.74, 6) is 0. The number of fused-ring (bicyclic) bond motifs is 6. The van der Waals surface area contributed by atoms with E-state index < -0.39 is 0 Å². The lowest BCUT2D eigenvalue weighted by Gasteiger charge is -2.39. The Balaban J connectivity index is 0.000000124. The predicted molar refractivity (Wildman–Crippen MR) is 363 cm³/mol. The molecule has 0 N–H and O–H groups in total. The van der Waals surface area contributed by atoms with E-state index in [1.807, 2.05) is 55.0 Å². The number of nitrogens with zero attached hydrogens (tertiary/aromatic N) is 6. The van der Waals surface area contributed by atoms with E-state index in [-0.39, 0.29) is 35.1 Å². The van der Waals surface area contributed by atoms with Crippen molar-refractivity contribution >= 4 is 69.6 Å². The van der Waals surface area contributed by atoms with Crippen LogP contribution in [0.4, 0.5) is 0 Å². The van der Waals surface area contributed by atoms with Gasteiger partial charge in [-0.05, 0) is 199 Å². The zero-order chi connectivity index (χ0) is 62.2. The van der Waals surface area contributed by atoms with Crippen LogP contribution in [0.25, 0.3) is 0 Å². The average Bonchev–Trinajstić information content (AvgIpc) is 2.01. The second-order valence-corrected chi connectivity index (χ2v) is 27.8. The molecule has 3 saturated heterocycles. The number of aryl methyl sites for hydroxylation is 3. The third-order valence-electron chi connectivity index (χ3n) is 18.9. The van der Waals surface area contributed by atoms with Crippen LogP contribution in [0.2, 0.25) is 30.1 Å². The molecular weight excluding hydrogens is 1250 g/mol. The van der Waals surface area contributed by atoms with Gasteiger partial charge in [-0.1, -0.05) is 161 Å². The van der Waals surface area contributed by atoms with Crippen LogP contribution in [0.5, 0.6) is 0 Å². The van der Waals surface area contributed by atoms with Gasteiger partial charge in [0.15, 0.2) is 0 Å². The van der Waals surface area contributed by atoms with Crippen molar-refractivity contribution in [2.45, 2.75) is 114 Å². The molecule has 9 aromatic rings. The number of halogens is 6. The van der Waals surface area contributed by atoms with Crippen LogP contribution in [0, 0.1) is 20.8 Å². The molecule has 6 aliphatic heterocycles. The first-order chi connectivity index (χ1) is 43.6. The maximum absolute atomic E-state index is 6.81. The number of rotatable bonds is 9. The number of hydrogen-bond donors (Lipinski definition) is 0. The molecule has 3 fully saturated rings. The van der Waals surface area contributed by atoms with Crippen LogP contribution in [-0.2, 0) is 50.6 Å². The van der Waals surface area contributed by atoms with Crippen molar-refractivity contribution in [3.63, 3.8) is 0 Å². The molecule has 3 aromatic heterocycles. The number of piperidine rings is 3. The number of pyridine rings is 3. The van der Waals surface area contributed by atoms with Crippen LogP contribution >= 0.6 is 69.6 Å². The lowest BCUT2D eigenvalue weighted by Crippen LogP contribution is -2.42. The SMILES string of the molecule is Cc1ccc(CN2CCC3(CC2)OC(c2cc(Cl)cc(Cl)c2)c2ccccc23)nc1.Cc1ccc(CN2CCC3(CC2)OC(c2cc(Cl)cc(Cl)c2)c2ccccc23)nc1.Cc1ccc(CN2CCC3(CC2)OC(c2cc(Cl)cc(Cl)c2)c2ccccc23)nc1. The summed E-state index contributed by atoms with van der Waals surface area (Å²) >= 11 is 37.7. The third-order valence-corrected chi connectivity index (χ3v) is 20.2. The van der Waals surface area contributed by atoms with E-state index >= 15 is 0 Å². The van der Waals surface area contributed by atoms with E-state index in [9.17, 15) is 0 Å². The molecule has 6 aromatic carbocycles. The molecule has 3 unspecified atom stereocenters. The summed E-state index contributed by atoms with van der Waals surface area (Å²) in [5, 5.41) is 3.83. The van der Waals surface area contributed by atoms with E-state index in [4.69, 9.17) is 83.8 Å².